The lowest BCUT2D eigenvalue weighted by atomic mass is 10.0. The summed E-state index contributed by atoms with van der Waals surface area (Å²) in [4.78, 5) is 15.0. The van der Waals surface area contributed by atoms with Crippen LogP contribution in [0.3, 0.4) is 0 Å². The zero-order valence-electron chi connectivity index (χ0n) is 15.3. The molecule has 1 N–H and O–H groups in total. The van der Waals surface area contributed by atoms with Gasteiger partial charge in [-0.2, -0.15) is 0 Å². The van der Waals surface area contributed by atoms with Crippen LogP contribution in [0.1, 0.15) is 17.2 Å². The van der Waals surface area contributed by atoms with E-state index in [0.29, 0.717) is 31.1 Å². The van der Waals surface area contributed by atoms with Crippen LogP contribution in [0.2, 0.25) is 0 Å². The van der Waals surface area contributed by atoms with Crippen molar-refractivity contribution in [3.8, 4) is 11.5 Å². The van der Waals surface area contributed by atoms with Crippen LogP contribution in [0.4, 0.5) is 0 Å². The fourth-order valence-electron chi connectivity index (χ4n) is 3.48. The maximum atomic E-state index is 13.1. The van der Waals surface area contributed by atoms with Gasteiger partial charge in [-0.1, -0.05) is 36.4 Å². The minimum atomic E-state index is -3.02. The van der Waals surface area contributed by atoms with Crippen LogP contribution in [0.15, 0.2) is 48.5 Å². The third-order valence-corrected chi connectivity index (χ3v) is 6.62. The zero-order valence-corrected chi connectivity index (χ0v) is 16.2. The molecule has 2 aliphatic heterocycles. The van der Waals surface area contributed by atoms with E-state index in [-0.39, 0.29) is 24.2 Å². The van der Waals surface area contributed by atoms with Gasteiger partial charge in [0.05, 0.1) is 11.5 Å². The first-order valence-electron chi connectivity index (χ1n) is 9.17. The Labute approximate surface area is 164 Å². The summed E-state index contributed by atoms with van der Waals surface area (Å²) in [5.41, 5.74) is 1.76. The maximum absolute atomic E-state index is 13.1. The van der Waals surface area contributed by atoms with E-state index in [9.17, 15) is 13.2 Å². The number of fused-ring (bicyclic) bond motifs is 1. The van der Waals surface area contributed by atoms with E-state index in [2.05, 4.69) is 5.32 Å². The number of carbonyl (C=O) groups is 1. The van der Waals surface area contributed by atoms with Gasteiger partial charge in [-0.25, -0.2) is 8.42 Å². The van der Waals surface area contributed by atoms with E-state index >= 15 is 0 Å². The van der Waals surface area contributed by atoms with Gasteiger partial charge in [-0.15, -0.1) is 0 Å². The van der Waals surface area contributed by atoms with Crippen LogP contribution < -0.4 is 14.8 Å². The van der Waals surface area contributed by atoms with E-state index < -0.39 is 15.9 Å². The number of ether oxygens (including phenoxy) is 2. The predicted octanol–water partition coefficient (Wildman–Crippen LogP) is 1.50. The average Bonchev–Trinajstić information content (AvgIpc) is 3.16. The summed E-state index contributed by atoms with van der Waals surface area (Å²) in [6, 6.07) is 14.5. The van der Waals surface area contributed by atoms with Crippen molar-refractivity contribution in [3.63, 3.8) is 0 Å². The number of carbonyl (C=O) groups excluding carboxylic acids is 1. The van der Waals surface area contributed by atoms with Crippen molar-refractivity contribution in [2.75, 3.05) is 31.4 Å². The van der Waals surface area contributed by atoms with Crippen LogP contribution in [-0.2, 0) is 21.2 Å². The first-order valence-corrected chi connectivity index (χ1v) is 11.0. The molecule has 2 aliphatic rings. The molecular formula is C20H22N2O5S. The van der Waals surface area contributed by atoms with Crippen molar-refractivity contribution < 1.29 is 22.7 Å². The van der Waals surface area contributed by atoms with Crippen LogP contribution >= 0.6 is 0 Å². The van der Waals surface area contributed by atoms with E-state index in [0.717, 1.165) is 11.1 Å². The van der Waals surface area contributed by atoms with Crippen LogP contribution in [0.25, 0.3) is 0 Å². The summed E-state index contributed by atoms with van der Waals surface area (Å²) in [7, 11) is -3.02. The lowest BCUT2D eigenvalue weighted by Crippen LogP contribution is -2.47. The topological polar surface area (TPSA) is 84.9 Å². The molecule has 0 saturated carbocycles. The number of nitrogens with one attached hydrogen (secondary N) is 1. The van der Waals surface area contributed by atoms with Gasteiger partial charge in [0.1, 0.15) is 6.04 Å². The van der Waals surface area contributed by atoms with Crippen molar-refractivity contribution in [2.45, 2.75) is 12.6 Å². The predicted molar refractivity (Wildman–Crippen MR) is 104 cm³/mol. The fraction of sp³-hybridized carbons (Fsp3) is 0.350. The number of nitrogens with zero attached hydrogens (tertiary/aromatic N) is 1. The molecule has 28 heavy (non-hydrogen) atoms. The summed E-state index contributed by atoms with van der Waals surface area (Å²) in [5.74, 6) is 1.37. The molecule has 7 nitrogen and oxygen atoms in total. The van der Waals surface area contributed by atoms with Gasteiger partial charge < -0.3 is 14.8 Å². The van der Waals surface area contributed by atoms with Crippen LogP contribution in [0.5, 0.6) is 11.5 Å². The second-order valence-corrected chi connectivity index (χ2v) is 9.21. The Bertz CT molecular complexity index is 948. The second-order valence-electron chi connectivity index (χ2n) is 6.91. The molecule has 2 heterocycles. The Balaban J connectivity index is 1.49. The third kappa shape index (κ3) is 4.13. The molecule has 1 amide bonds. The van der Waals surface area contributed by atoms with Crippen molar-refractivity contribution in [3.05, 3.63) is 59.7 Å². The smallest absolute Gasteiger partial charge is 0.242 e. The van der Waals surface area contributed by atoms with Crippen molar-refractivity contribution >= 4 is 15.7 Å². The largest absolute Gasteiger partial charge is 0.454 e. The van der Waals surface area contributed by atoms with Gasteiger partial charge in [0.25, 0.3) is 0 Å². The summed E-state index contributed by atoms with van der Waals surface area (Å²) in [5, 5.41) is 2.98. The highest BCUT2D eigenvalue weighted by Crippen LogP contribution is 2.32. The summed E-state index contributed by atoms with van der Waals surface area (Å²) in [6.07, 6.45) is 0. The molecule has 2 aromatic carbocycles. The standard InChI is InChI=1S/C20H22N2O5S/c23-20(21-13-15-6-7-17-18(12-15)27-14-26-17)19(16-4-2-1-3-5-16)22-8-10-28(24,25)11-9-22/h1-7,12,19H,8-11,13-14H2,(H,21,23). The van der Waals surface area contributed by atoms with Crippen LogP contribution in [0, 0.1) is 0 Å². The molecule has 8 heteroatoms. The fourth-order valence-corrected chi connectivity index (χ4v) is 4.71. The number of hydrogen-bond donors (Lipinski definition) is 1. The Morgan fingerprint density at radius 3 is 2.50 bits per heavy atom. The lowest BCUT2D eigenvalue weighted by molar-refractivity contribution is -0.126. The Morgan fingerprint density at radius 1 is 1.04 bits per heavy atom. The molecule has 0 spiro atoms. The quantitative estimate of drug-likeness (QED) is 0.816. The number of amides is 1. The number of sulfone groups is 1. The van der Waals surface area contributed by atoms with Gasteiger partial charge in [0.15, 0.2) is 21.3 Å². The molecule has 4 rings (SSSR count). The first-order chi connectivity index (χ1) is 13.5. The zero-order chi connectivity index (χ0) is 19.6. The Kier molecular flexibility index (Phi) is 5.23. The minimum Gasteiger partial charge on any atom is -0.454 e. The molecule has 0 aromatic heterocycles. The molecule has 1 saturated heterocycles. The number of rotatable bonds is 5. The molecule has 0 radical (unpaired) electrons. The summed E-state index contributed by atoms with van der Waals surface area (Å²) in [6.45, 7) is 1.25. The maximum Gasteiger partial charge on any atom is 0.242 e. The highest BCUT2D eigenvalue weighted by Gasteiger charge is 2.32. The van der Waals surface area contributed by atoms with Crippen molar-refractivity contribution in [2.24, 2.45) is 0 Å². The average molecular weight is 402 g/mol. The molecule has 1 atom stereocenters. The molecule has 0 aliphatic carbocycles. The van der Waals surface area contributed by atoms with E-state index in [4.69, 9.17) is 9.47 Å². The molecule has 1 unspecified atom stereocenters. The molecular weight excluding hydrogens is 380 g/mol. The van der Waals surface area contributed by atoms with E-state index in [1.54, 1.807) is 0 Å². The van der Waals surface area contributed by atoms with E-state index in [1.807, 2.05) is 53.4 Å². The highest BCUT2D eigenvalue weighted by atomic mass is 32.2. The molecule has 2 aromatic rings. The molecule has 0 bridgehead atoms. The summed E-state index contributed by atoms with van der Waals surface area (Å²) < 4.78 is 34.2. The van der Waals surface area contributed by atoms with Crippen molar-refractivity contribution in [1.29, 1.82) is 0 Å². The second kappa shape index (κ2) is 7.81. The third-order valence-electron chi connectivity index (χ3n) is 5.01. The first kappa shape index (κ1) is 18.8. The molecule has 148 valence electrons. The van der Waals surface area contributed by atoms with Gasteiger partial charge >= 0.3 is 0 Å². The normalized spacial score (nSPS) is 19.1. The van der Waals surface area contributed by atoms with Gasteiger partial charge in [-0.05, 0) is 23.3 Å². The SMILES string of the molecule is O=C(NCc1ccc2c(c1)OCO2)C(c1ccccc1)N1CCS(=O)(=O)CC1. The van der Waals surface area contributed by atoms with Crippen LogP contribution in [-0.4, -0.2) is 50.6 Å². The Morgan fingerprint density at radius 2 is 1.75 bits per heavy atom. The number of benzene rings is 2. The minimum absolute atomic E-state index is 0.0752. The van der Waals surface area contributed by atoms with Crippen molar-refractivity contribution in [1.82, 2.24) is 10.2 Å². The van der Waals surface area contributed by atoms with Gasteiger partial charge in [0.2, 0.25) is 12.7 Å². The Hall–Kier alpha value is -2.58. The van der Waals surface area contributed by atoms with Gasteiger partial charge in [0, 0.05) is 19.6 Å². The van der Waals surface area contributed by atoms with E-state index in [1.165, 1.54) is 0 Å². The number of hydrogen-bond acceptors (Lipinski definition) is 6. The lowest BCUT2D eigenvalue weighted by Gasteiger charge is -2.33. The summed E-state index contributed by atoms with van der Waals surface area (Å²) >= 11 is 0. The highest BCUT2D eigenvalue weighted by molar-refractivity contribution is 7.91. The van der Waals surface area contributed by atoms with Gasteiger partial charge in [-0.3, -0.25) is 9.69 Å². The molecule has 1 fully saturated rings. The monoisotopic (exact) mass is 402 g/mol.